The molecule has 0 spiro atoms. The van der Waals surface area contributed by atoms with E-state index in [1.165, 1.54) is 19.2 Å². The molecule has 1 aliphatic heterocycles. The summed E-state index contributed by atoms with van der Waals surface area (Å²) in [6.45, 7) is 1.17. The topological polar surface area (TPSA) is 79.2 Å². The van der Waals surface area contributed by atoms with Gasteiger partial charge in [-0.25, -0.2) is 4.39 Å². The maximum absolute atomic E-state index is 13.6. The molecule has 0 radical (unpaired) electrons. The molecule has 6 heteroatoms. The van der Waals surface area contributed by atoms with E-state index in [4.69, 9.17) is 14.6 Å². The number of aliphatic hydroxyl groups excluding tert-OH is 3. The van der Waals surface area contributed by atoms with Crippen LogP contribution in [0.15, 0.2) is 12.1 Å². The maximum atomic E-state index is 13.6. The van der Waals surface area contributed by atoms with Crippen LogP contribution < -0.4 is 4.74 Å². The first-order valence-corrected chi connectivity index (χ1v) is 5.96. The highest BCUT2D eigenvalue weighted by atomic mass is 19.1. The lowest BCUT2D eigenvalue weighted by Gasteiger charge is -2.18. The highest BCUT2D eigenvalue weighted by Gasteiger charge is 2.44. The van der Waals surface area contributed by atoms with Gasteiger partial charge in [-0.1, -0.05) is 0 Å². The van der Waals surface area contributed by atoms with E-state index in [0.29, 0.717) is 16.9 Å². The van der Waals surface area contributed by atoms with E-state index in [1.54, 1.807) is 6.92 Å². The second kappa shape index (κ2) is 5.42. The lowest BCUT2D eigenvalue weighted by Crippen LogP contribution is -2.32. The summed E-state index contributed by atoms with van der Waals surface area (Å²) in [5.41, 5.74) is 0.723. The van der Waals surface area contributed by atoms with Gasteiger partial charge in [0.05, 0.1) is 13.7 Å². The fraction of sp³-hybridized carbons (Fsp3) is 0.538. The molecule has 3 N–H and O–H groups in total. The molecular formula is C13H17FO5. The van der Waals surface area contributed by atoms with Crippen molar-refractivity contribution < 1.29 is 29.2 Å². The summed E-state index contributed by atoms with van der Waals surface area (Å²) < 4.78 is 24.2. The molecule has 0 saturated carbocycles. The van der Waals surface area contributed by atoms with Crippen molar-refractivity contribution in [2.45, 2.75) is 31.3 Å². The first-order valence-electron chi connectivity index (χ1n) is 5.96. The normalized spacial score (nSPS) is 30.6. The SMILES string of the molecule is COc1cc(C)c(F)cc1[C@@H]1O[C@H](CO)C(O)[C@@H]1O. The van der Waals surface area contributed by atoms with Gasteiger partial charge >= 0.3 is 0 Å². The van der Waals surface area contributed by atoms with Crippen molar-refractivity contribution in [1.82, 2.24) is 0 Å². The van der Waals surface area contributed by atoms with Crippen LogP contribution in [0.5, 0.6) is 5.75 Å². The number of methoxy groups -OCH3 is 1. The quantitative estimate of drug-likeness (QED) is 0.737. The van der Waals surface area contributed by atoms with Crippen LogP contribution in [0.25, 0.3) is 0 Å². The molecule has 1 fully saturated rings. The van der Waals surface area contributed by atoms with Gasteiger partial charge < -0.3 is 24.8 Å². The van der Waals surface area contributed by atoms with Crippen LogP contribution in [0.1, 0.15) is 17.2 Å². The zero-order valence-electron chi connectivity index (χ0n) is 10.7. The van der Waals surface area contributed by atoms with Crippen LogP contribution in [0, 0.1) is 12.7 Å². The Morgan fingerprint density at radius 2 is 2.00 bits per heavy atom. The molecule has 1 aromatic carbocycles. The predicted octanol–water partition coefficient (Wildman–Crippen LogP) is 0.297. The monoisotopic (exact) mass is 272 g/mol. The third-order valence-electron chi connectivity index (χ3n) is 3.36. The minimum Gasteiger partial charge on any atom is -0.496 e. The van der Waals surface area contributed by atoms with E-state index in [2.05, 4.69) is 0 Å². The van der Waals surface area contributed by atoms with E-state index in [0.717, 1.165) is 0 Å². The summed E-state index contributed by atoms with van der Waals surface area (Å²) in [7, 11) is 1.43. The maximum Gasteiger partial charge on any atom is 0.126 e. The van der Waals surface area contributed by atoms with Crippen molar-refractivity contribution in [1.29, 1.82) is 0 Å². The molecule has 1 aliphatic rings. The molecule has 1 saturated heterocycles. The largest absolute Gasteiger partial charge is 0.496 e. The van der Waals surface area contributed by atoms with Crippen molar-refractivity contribution in [3.05, 3.63) is 29.1 Å². The van der Waals surface area contributed by atoms with Gasteiger partial charge in [-0.3, -0.25) is 0 Å². The first kappa shape index (κ1) is 14.2. The molecule has 19 heavy (non-hydrogen) atoms. The highest BCUT2D eigenvalue weighted by Crippen LogP contribution is 2.38. The summed E-state index contributed by atoms with van der Waals surface area (Å²) in [4.78, 5) is 0. The summed E-state index contributed by atoms with van der Waals surface area (Å²) in [6, 6.07) is 2.72. The van der Waals surface area contributed by atoms with Crippen LogP contribution in [0.2, 0.25) is 0 Å². The van der Waals surface area contributed by atoms with Crippen molar-refractivity contribution in [3.8, 4) is 5.75 Å². The number of halogens is 1. The molecule has 106 valence electrons. The van der Waals surface area contributed by atoms with Crippen LogP contribution in [-0.4, -0.2) is 47.3 Å². The van der Waals surface area contributed by atoms with Crippen molar-refractivity contribution >= 4 is 0 Å². The molecular weight excluding hydrogens is 255 g/mol. The molecule has 5 nitrogen and oxygen atoms in total. The molecule has 0 aliphatic carbocycles. The lowest BCUT2D eigenvalue weighted by molar-refractivity contribution is -0.0233. The van der Waals surface area contributed by atoms with Gasteiger partial charge in [0.15, 0.2) is 0 Å². The Bertz CT molecular complexity index is 465. The standard InChI is InChI=1S/C13H17FO5/c1-6-3-9(18-2)7(4-8(6)14)13-12(17)11(16)10(5-15)19-13/h3-4,10-13,15-17H,5H2,1-2H3/t10-,11?,12+,13+/m1/s1. The zero-order chi connectivity index (χ0) is 14.2. The van der Waals surface area contributed by atoms with Crippen LogP contribution in [0.3, 0.4) is 0 Å². The molecule has 1 aromatic rings. The Kier molecular flexibility index (Phi) is 4.05. The Labute approximate surface area is 110 Å². The summed E-state index contributed by atoms with van der Waals surface area (Å²) >= 11 is 0. The molecule has 4 atom stereocenters. The molecule has 1 heterocycles. The number of hydrogen-bond acceptors (Lipinski definition) is 5. The number of ether oxygens (including phenoxy) is 2. The van der Waals surface area contributed by atoms with Crippen molar-refractivity contribution in [3.63, 3.8) is 0 Å². The smallest absolute Gasteiger partial charge is 0.126 e. The minimum absolute atomic E-state index is 0.313. The molecule has 0 amide bonds. The second-order valence-electron chi connectivity index (χ2n) is 4.60. The first-order chi connectivity index (χ1) is 8.99. The Balaban J connectivity index is 2.39. The van der Waals surface area contributed by atoms with E-state index >= 15 is 0 Å². The second-order valence-corrected chi connectivity index (χ2v) is 4.60. The fourth-order valence-electron chi connectivity index (χ4n) is 2.23. The van der Waals surface area contributed by atoms with Gasteiger partial charge in [-0.2, -0.15) is 0 Å². The number of benzene rings is 1. The number of aliphatic hydroxyl groups is 3. The molecule has 0 aromatic heterocycles. The minimum atomic E-state index is -1.24. The Hall–Kier alpha value is -1.21. The van der Waals surface area contributed by atoms with E-state index < -0.39 is 36.8 Å². The van der Waals surface area contributed by atoms with Gasteiger partial charge in [0, 0.05) is 5.56 Å². The molecule has 0 bridgehead atoms. The van der Waals surface area contributed by atoms with E-state index in [1.807, 2.05) is 0 Å². The fourth-order valence-corrected chi connectivity index (χ4v) is 2.23. The zero-order valence-corrected chi connectivity index (χ0v) is 10.7. The predicted molar refractivity (Wildman–Crippen MR) is 64.4 cm³/mol. The molecule has 2 rings (SSSR count). The molecule has 1 unspecified atom stereocenters. The Morgan fingerprint density at radius 1 is 1.32 bits per heavy atom. The third kappa shape index (κ3) is 2.44. The number of hydrogen-bond donors (Lipinski definition) is 3. The average Bonchev–Trinajstić information content (AvgIpc) is 2.69. The van der Waals surface area contributed by atoms with Gasteiger partial charge in [0.1, 0.15) is 36.0 Å². The summed E-state index contributed by atoms with van der Waals surface area (Å²) in [5, 5.41) is 28.7. The van der Waals surface area contributed by atoms with Gasteiger partial charge in [-0.15, -0.1) is 0 Å². The van der Waals surface area contributed by atoms with E-state index in [9.17, 15) is 14.6 Å². The van der Waals surface area contributed by atoms with Gasteiger partial charge in [0.2, 0.25) is 0 Å². The number of aryl methyl sites for hydroxylation is 1. The van der Waals surface area contributed by atoms with E-state index in [-0.39, 0.29) is 0 Å². The van der Waals surface area contributed by atoms with Crippen molar-refractivity contribution in [2.24, 2.45) is 0 Å². The van der Waals surface area contributed by atoms with Crippen LogP contribution in [0.4, 0.5) is 4.39 Å². The third-order valence-corrected chi connectivity index (χ3v) is 3.36. The Morgan fingerprint density at radius 3 is 2.53 bits per heavy atom. The number of rotatable bonds is 3. The van der Waals surface area contributed by atoms with Gasteiger partial charge in [0.25, 0.3) is 0 Å². The lowest BCUT2D eigenvalue weighted by atomic mass is 9.99. The van der Waals surface area contributed by atoms with Crippen LogP contribution in [-0.2, 0) is 4.74 Å². The van der Waals surface area contributed by atoms with Crippen molar-refractivity contribution in [2.75, 3.05) is 13.7 Å². The summed E-state index contributed by atoms with van der Waals surface area (Å²) in [5.74, 6) is -0.0812. The van der Waals surface area contributed by atoms with Crippen LogP contribution >= 0.6 is 0 Å². The summed E-state index contributed by atoms with van der Waals surface area (Å²) in [6.07, 6.45) is -4.29. The highest BCUT2D eigenvalue weighted by molar-refractivity contribution is 5.40. The van der Waals surface area contributed by atoms with Gasteiger partial charge in [-0.05, 0) is 24.6 Å². The average molecular weight is 272 g/mol.